The number of nitrogens with two attached hydrogens (primary N) is 1. The number of carbonyl (C=O) groups excluding carboxylic acids is 1. The molecule has 5 nitrogen and oxygen atoms in total. The molecule has 156 valence electrons. The maximum absolute atomic E-state index is 12.2. The van der Waals surface area contributed by atoms with Crippen molar-refractivity contribution in [1.82, 2.24) is 5.32 Å². The lowest BCUT2D eigenvalue weighted by Crippen LogP contribution is -2.46. The largest absolute Gasteiger partial charge is 0.368 e. The number of amides is 1. The zero-order valence-electron chi connectivity index (χ0n) is 18.0. The van der Waals surface area contributed by atoms with E-state index in [-0.39, 0.29) is 12.6 Å². The summed E-state index contributed by atoms with van der Waals surface area (Å²) < 4.78 is 0. The Bertz CT molecular complexity index is 835. The average molecular weight is 413 g/mol. The van der Waals surface area contributed by atoms with Crippen molar-refractivity contribution < 1.29 is 4.79 Å². The van der Waals surface area contributed by atoms with Gasteiger partial charge in [-0.2, -0.15) is 5.26 Å². The molecule has 1 aromatic carbocycles. The number of primary amides is 1. The topological polar surface area (TPSA) is 82.2 Å². The number of anilines is 1. The molecule has 1 unspecified atom stereocenters. The van der Waals surface area contributed by atoms with Crippen LogP contribution in [-0.4, -0.2) is 24.5 Å². The van der Waals surface area contributed by atoms with Gasteiger partial charge in [-0.15, -0.1) is 11.3 Å². The number of hydrogen-bond acceptors (Lipinski definition) is 5. The first kappa shape index (κ1) is 22.9. The molecule has 0 spiro atoms. The quantitative estimate of drug-likeness (QED) is 0.554. The standard InChI is InChI=1S/C23H32N4OS/c1-15(2)12-21(23(25)28)27(11-10-24)22-14-29-13-20(22)19-8-6-18(7-9-19)17(5)26-16(3)4/h6-9,13-17,21,26H,11-12H2,1-5H3,(H2,25,28)/t17?,21-/m0/s1. The normalized spacial score (nSPS) is 13.3. The zero-order chi connectivity index (χ0) is 21.6. The van der Waals surface area contributed by atoms with Gasteiger partial charge in [0.15, 0.2) is 0 Å². The van der Waals surface area contributed by atoms with E-state index in [4.69, 9.17) is 5.73 Å². The van der Waals surface area contributed by atoms with Crippen molar-refractivity contribution >= 4 is 22.9 Å². The Morgan fingerprint density at radius 1 is 1.17 bits per heavy atom. The lowest BCUT2D eigenvalue weighted by Gasteiger charge is -2.31. The van der Waals surface area contributed by atoms with Gasteiger partial charge in [0.05, 0.1) is 11.8 Å². The molecule has 6 heteroatoms. The average Bonchev–Trinajstić information content (AvgIpc) is 3.13. The minimum atomic E-state index is -0.502. The molecule has 2 atom stereocenters. The van der Waals surface area contributed by atoms with Crippen molar-refractivity contribution in [3.63, 3.8) is 0 Å². The van der Waals surface area contributed by atoms with Crippen LogP contribution in [0, 0.1) is 17.2 Å². The molecule has 3 N–H and O–H groups in total. The van der Waals surface area contributed by atoms with Gasteiger partial charge >= 0.3 is 0 Å². The molecule has 1 amide bonds. The van der Waals surface area contributed by atoms with Crippen LogP contribution in [0.5, 0.6) is 0 Å². The van der Waals surface area contributed by atoms with Crippen molar-refractivity contribution in [3.8, 4) is 17.2 Å². The molecule has 29 heavy (non-hydrogen) atoms. The summed E-state index contributed by atoms with van der Waals surface area (Å²) in [5.41, 5.74) is 9.92. The predicted octanol–water partition coefficient (Wildman–Crippen LogP) is 4.70. The molecule has 0 saturated heterocycles. The van der Waals surface area contributed by atoms with Crippen LogP contribution >= 0.6 is 11.3 Å². The van der Waals surface area contributed by atoms with E-state index >= 15 is 0 Å². The third-order valence-corrected chi connectivity index (χ3v) is 5.63. The fraction of sp³-hybridized carbons (Fsp3) is 0.478. The Morgan fingerprint density at radius 2 is 1.83 bits per heavy atom. The summed E-state index contributed by atoms with van der Waals surface area (Å²) in [5, 5.41) is 17.0. The van der Waals surface area contributed by atoms with E-state index in [0.29, 0.717) is 18.4 Å². The van der Waals surface area contributed by atoms with Crippen LogP contribution in [0.2, 0.25) is 0 Å². The first-order valence-electron chi connectivity index (χ1n) is 10.1. The molecule has 0 aliphatic rings. The van der Waals surface area contributed by atoms with Gasteiger partial charge in [-0.25, -0.2) is 0 Å². The van der Waals surface area contributed by atoms with Crippen molar-refractivity contribution in [2.75, 3.05) is 11.4 Å². The number of rotatable bonds is 10. The summed E-state index contributed by atoms with van der Waals surface area (Å²) >= 11 is 1.57. The Labute approximate surface area is 178 Å². The van der Waals surface area contributed by atoms with Gasteiger partial charge in [0, 0.05) is 28.4 Å². The summed E-state index contributed by atoms with van der Waals surface area (Å²) in [6.45, 7) is 10.7. The van der Waals surface area contributed by atoms with E-state index in [1.807, 2.05) is 10.3 Å². The van der Waals surface area contributed by atoms with E-state index in [2.05, 4.69) is 75.7 Å². The van der Waals surface area contributed by atoms with Gasteiger partial charge < -0.3 is 16.0 Å². The molecule has 1 aromatic heterocycles. The Hall–Kier alpha value is -2.36. The van der Waals surface area contributed by atoms with E-state index in [1.165, 1.54) is 5.56 Å². The van der Waals surface area contributed by atoms with Crippen molar-refractivity contribution in [2.45, 2.75) is 59.2 Å². The number of benzene rings is 1. The summed E-state index contributed by atoms with van der Waals surface area (Å²) in [4.78, 5) is 14.0. The number of nitrogens with one attached hydrogen (secondary N) is 1. The molecule has 2 aromatic rings. The second kappa shape index (κ2) is 10.4. The highest BCUT2D eigenvalue weighted by Crippen LogP contribution is 2.36. The lowest BCUT2D eigenvalue weighted by molar-refractivity contribution is -0.119. The molecule has 0 fully saturated rings. The fourth-order valence-corrected chi connectivity index (χ4v) is 4.41. The predicted molar refractivity (Wildman–Crippen MR) is 122 cm³/mol. The second-order valence-electron chi connectivity index (χ2n) is 8.17. The third kappa shape index (κ3) is 6.06. The monoisotopic (exact) mass is 412 g/mol. The molecule has 0 saturated carbocycles. The van der Waals surface area contributed by atoms with E-state index in [0.717, 1.165) is 16.8 Å². The molecule has 1 heterocycles. The highest BCUT2D eigenvalue weighted by atomic mass is 32.1. The van der Waals surface area contributed by atoms with Gasteiger partial charge in [-0.05, 0) is 30.4 Å². The third-order valence-electron chi connectivity index (χ3n) is 4.90. The van der Waals surface area contributed by atoms with Crippen LogP contribution < -0.4 is 16.0 Å². The van der Waals surface area contributed by atoms with Crippen molar-refractivity contribution in [2.24, 2.45) is 11.7 Å². The number of thiophene rings is 1. The van der Waals surface area contributed by atoms with E-state index < -0.39 is 11.9 Å². The Balaban J connectivity index is 2.37. The van der Waals surface area contributed by atoms with Crippen molar-refractivity contribution in [1.29, 1.82) is 5.26 Å². The smallest absolute Gasteiger partial charge is 0.240 e. The summed E-state index contributed by atoms with van der Waals surface area (Å²) in [6, 6.07) is 10.8. The number of nitrogens with zero attached hydrogens (tertiary/aromatic N) is 2. The molecule has 0 aliphatic carbocycles. The van der Waals surface area contributed by atoms with Crippen LogP contribution in [-0.2, 0) is 4.79 Å². The van der Waals surface area contributed by atoms with Crippen LogP contribution in [0.25, 0.3) is 11.1 Å². The number of carbonyl (C=O) groups is 1. The highest BCUT2D eigenvalue weighted by Gasteiger charge is 2.27. The van der Waals surface area contributed by atoms with Crippen LogP contribution in [0.1, 0.15) is 52.6 Å². The Morgan fingerprint density at radius 3 is 2.34 bits per heavy atom. The highest BCUT2D eigenvalue weighted by molar-refractivity contribution is 7.08. The van der Waals surface area contributed by atoms with Crippen LogP contribution in [0.15, 0.2) is 35.0 Å². The van der Waals surface area contributed by atoms with Gasteiger partial charge in [0.1, 0.15) is 12.6 Å². The van der Waals surface area contributed by atoms with Gasteiger partial charge in [-0.3, -0.25) is 4.79 Å². The first-order valence-corrected chi connectivity index (χ1v) is 11.0. The summed E-state index contributed by atoms with van der Waals surface area (Å²) in [7, 11) is 0. The SMILES string of the molecule is CC(C)C[C@@H](C(N)=O)N(CC#N)c1cscc1-c1ccc(C(C)NC(C)C)cc1. The zero-order valence-corrected chi connectivity index (χ0v) is 18.8. The fourth-order valence-electron chi connectivity index (χ4n) is 3.56. The molecule has 0 aliphatic heterocycles. The second-order valence-corrected chi connectivity index (χ2v) is 8.91. The van der Waals surface area contributed by atoms with Crippen molar-refractivity contribution in [3.05, 3.63) is 40.6 Å². The van der Waals surface area contributed by atoms with Gasteiger partial charge in [0.2, 0.25) is 5.91 Å². The molecular formula is C23H32N4OS. The lowest BCUT2D eigenvalue weighted by atomic mass is 9.99. The summed E-state index contributed by atoms with van der Waals surface area (Å²) in [6.07, 6.45) is 0.615. The molecule has 2 rings (SSSR count). The number of nitriles is 1. The summed E-state index contributed by atoms with van der Waals surface area (Å²) in [5.74, 6) is -0.0972. The van der Waals surface area contributed by atoms with E-state index in [9.17, 15) is 10.1 Å². The molecule has 0 bridgehead atoms. The number of hydrogen-bond donors (Lipinski definition) is 2. The minimum absolute atomic E-state index is 0.123. The maximum atomic E-state index is 12.2. The molecule has 0 radical (unpaired) electrons. The minimum Gasteiger partial charge on any atom is -0.368 e. The molecular weight excluding hydrogens is 380 g/mol. The van der Waals surface area contributed by atoms with Gasteiger partial charge in [0.25, 0.3) is 0 Å². The maximum Gasteiger partial charge on any atom is 0.240 e. The van der Waals surface area contributed by atoms with Crippen LogP contribution in [0.4, 0.5) is 5.69 Å². The first-order chi connectivity index (χ1) is 13.7. The Kier molecular flexibility index (Phi) is 8.24. The van der Waals surface area contributed by atoms with E-state index in [1.54, 1.807) is 11.3 Å². The van der Waals surface area contributed by atoms with Crippen LogP contribution in [0.3, 0.4) is 0 Å². The van der Waals surface area contributed by atoms with Gasteiger partial charge in [-0.1, -0.05) is 52.0 Å².